The first-order chi connectivity index (χ1) is 9.47. The van der Waals surface area contributed by atoms with Crippen LogP contribution in [0.2, 0.25) is 5.02 Å². The molecule has 0 saturated carbocycles. The van der Waals surface area contributed by atoms with Gasteiger partial charge in [-0.15, -0.1) is 0 Å². The van der Waals surface area contributed by atoms with Crippen molar-refractivity contribution in [2.45, 2.75) is 6.42 Å². The standard InChI is InChI=1S/C14H10ClF2NO2/c15-10-7-9(4-5-12(10)19)18-13(20)6-8-2-1-3-11(16)14(8)17/h1-5,7,19H,6H2,(H,18,20). The molecule has 0 aliphatic heterocycles. The van der Waals surface area contributed by atoms with E-state index in [0.717, 1.165) is 6.07 Å². The minimum atomic E-state index is -1.04. The topological polar surface area (TPSA) is 49.3 Å². The largest absolute Gasteiger partial charge is 0.506 e. The second-order valence-electron chi connectivity index (χ2n) is 4.10. The highest BCUT2D eigenvalue weighted by Gasteiger charge is 2.12. The molecular weight excluding hydrogens is 288 g/mol. The van der Waals surface area contributed by atoms with Crippen molar-refractivity contribution in [1.29, 1.82) is 0 Å². The van der Waals surface area contributed by atoms with E-state index in [1.807, 2.05) is 0 Å². The number of aromatic hydroxyl groups is 1. The highest BCUT2D eigenvalue weighted by atomic mass is 35.5. The zero-order valence-electron chi connectivity index (χ0n) is 10.2. The third-order valence-corrected chi connectivity index (χ3v) is 2.92. The SMILES string of the molecule is O=C(Cc1cccc(F)c1F)Nc1ccc(O)c(Cl)c1. The Morgan fingerprint density at radius 1 is 1.25 bits per heavy atom. The lowest BCUT2D eigenvalue weighted by Gasteiger charge is -2.07. The van der Waals surface area contributed by atoms with E-state index >= 15 is 0 Å². The summed E-state index contributed by atoms with van der Waals surface area (Å²) in [6.07, 6.45) is -0.303. The van der Waals surface area contributed by atoms with E-state index in [1.54, 1.807) is 0 Å². The van der Waals surface area contributed by atoms with Gasteiger partial charge in [0.1, 0.15) is 5.75 Å². The average molecular weight is 298 g/mol. The molecule has 0 atom stereocenters. The van der Waals surface area contributed by atoms with Gasteiger partial charge in [-0.25, -0.2) is 8.78 Å². The number of halogens is 3. The second kappa shape index (κ2) is 5.88. The number of benzene rings is 2. The first-order valence-electron chi connectivity index (χ1n) is 5.68. The van der Waals surface area contributed by atoms with Crippen molar-refractivity contribution in [3.63, 3.8) is 0 Å². The first-order valence-corrected chi connectivity index (χ1v) is 6.06. The van der Waals surface area contributed by atoms with Crippen molar-refractivity contribution in [3.8, 4) is 5.75 Å². The van der Waals surface area contributed by atoms with E-state index < -0.39 is 17.5 Å². The molecule has 104 valence electrons. The highest BCUT2D eigenvalue weighted by Crippen LogP contribution is 2.26. The molecule has 0 aromatic heterocycles. The molecule has 2 aromatic rings. The van der Waals surface area contributed by atoms with Gasteiger partial charge in [0.25, 0.3) is 0 Å². The summed E-state index contributed by atoms with van der Waals surface area (Å²) in [5.41, 5.74) is 0.321. The van der Waals surface area contributed by atoms with Crippen molar-refractivity contribution in [1.82, 2.24) is 0 Å². The van der Waals surface area contributed by atoms with Crippen LogP contribution in [0.25, 0.3) is 0 Å². The molecule has 2 aromatic carbocycles. The number of hydrogen-bond acceptors (Lipinski definition) is 2. The summed E-state index contributed by atoms with van der Waals surface area (Å²) < 4.78 is 26.4. The predicted octanol–water partition coefficient (Wildman–Crippen LogP) is 3.51. The predicted molar refractivity (Wildman–Crippen MR) is 71.8 cm³/mol. The number of carbonyl (C=O) groups is 1. The molecule has 0 radical (unpaired) electrons. The van der Waals surface area contributed by atoms with Gasteiger partial charge >= 0.3 is 0 Å². The molecule has 0 spiro atoms. The van der Waals surface area contributed by atoms with Crippen LogP contribution in [-0.2, 0) is 11.2 Å². The fourth-order valence-electron chi connectivity index (χ4n) is 1.65. The monoisotopic (exact) mass is 297 g/mol. The summed E-state index contributed by atoms with van der Waals surface area (Å²) in [5.74, 6) is -2.66. The minimum Gasteiger partial charge on any atom is -0.506 e. The third-order valence-electron chi connectivity index (χ3n) is 2.61. The lowest BCUT2D eigenvalue weighted by molar-refractivity contribution is -0.115. The number of hydrogen-bond donors (Lipinski definition) is 2. The van der Waals surface area contributed by atoms with Crippen LogP contribution >= 0.6 is 11.6 Å². The Kier molecular flexibility index (Phi) is 4.20. The third kappa shape index (κ3) is 3.24. The van der Waals surface area contributed by atoms with E-state index in [0.29, 0.717) is 5.69 Å². The maximum absolute atomic E-state index is 13.4. The van der Waals surface area contributed by atoms with Crippen LogP contribution < -0.4 is 5.32 Å². The van der Waals surface area contributed by atoms with Crippen molar-refractivity contribution in [2.24, 2.45) is 0 Å². The van der Waals surface area contributed by atoms with Crippen LogP contribution in [0, 0.1) is 11.6 Å². The van der Waals surface area contributed by atoms with Crippen LogP contribution in [0.3, 0.4) is 0 Å². The van der Waals surface area contributed by atoms with E-state index in [9.17, 15) is 18.7 Å². The molecule has 20 heavy (non-hydrogen) atoms. The smallest absolute Gasteiger partial charge is 0.228 e. The molecule has 0 bridgehead atoms. The summed E-state index contributed by atoms with van der Waals surface area (Å²) in [7, 11) is 0. The molecule has 2 N–H and O–H groups in total. The van der Waals surface area contributed by atoms with Crippen molar-refractivity contribution < 1.29 is 18.7 Å². The summed E-state index contributed by atoms with van der Waals surface area (Å²) >= 11 is 5.69. The molecule has 2 rings (SSSR count). The normalized spacial score (nSPS) is 10.3. The van der Waals surface area contributed by atoms with Gasteiger partial charge < -0.3 is 10.4 Å². The molecule has 6 heteroatoms. The number of nitrogens with one attached hydrogen (secondary N) is 1. The van der Waals surface area contributed by atoms with Gasteiger partial charge in [-0.05, 0) is 24.3 Å². The van der Waals surface area contributed by atoms with Crippen LogP contribution in [0.1, 0.15) is 5.56 Å². The van der Waals surface area contributed by atoms with Gasteiger partial charge in [0.2, 0.25) is 5.91 Å². The number of phenolic OH excluding ortho intramolecular Hbond substituents is 1. The van der Waals surface area contributed by atoms with Crippen LogP contribution in [0.4, 0.5) is 14.5 Å². The lowest BCUT2D eigenvalue weighted by atomic mass is 10.1. The summed E-state index contributed by atoms with van der Waals surface area (Å²) in [6.45, 7) is 0. The number of anilines is 1. The average Bonchev–Trinajstić information content (AvgIpc) is 2.39. The van der Waals surface area contributed by atoms with Crippen molar-refractivity contribution >= 4 is 23.2 Å². The van der Waals surface area contributed by atoms with Crippen LogP contribution in [0.15, 0.2) is 36.4 Å². The Labute approximate surface area is 118 Å². The molecule has 3 nitrogen and oxygen atoms in total. The number of phenols is 1. The van der Waals surface area contributed by atoms with Gasteiger partial charge in [0.15, 0.2) is 11.6 Å². The van der Waals surface area contributed by atoms with Crippen molar-refractivity contribution in [3.05, 3.63) is 58.6 Å². The zero-order valence-corrected chi connectivity index (χ0v) is 10.9. The quantitative estimate of drug-likeness (QED) is 0.852. The van der Waals surface area contributed by atoms with E-state index in [4.69, 9.17) is 11.6 Å². The molecular formula is C14H10ClF2NO2. The molecule has 0 fully saturated rings. The number of amides is 1. The molecule has 0 aliphatic carbocycles. The summed E-state index contributed by atoms with van der Waals surface area (Å²) in [5, 5.41) is 11.8. The van der Waals surface area contributed by atoms with E-state index in [2.05, 4.69) is 5.32 Å². The molecule has 0 saturated heterocycles. The van der Waals surface area contributed by atoms with Gasteiger partial charge in [0, 0.05) is 11.3 Å². The Morgan fingerprint density at radius 3 is 2.70 bits per heavy atom. The minimum absolute atomic E-state index is 0.0348. The van der Waals surface area contributed by atoms with Gasteiger partial charge in [-0.1, -0.05) is 23.7 Å². The maximum atomic E-state index is 13.4. The highest BCUT2D eigenvalue weighted by molar-refractivity contribution is 6.32. The summed E-state index contributed by atoms with van der Waals surface area (Å²) in [6, 6.07) is 7.77. The molecule has 1 amide bonds. The van der Waals surface area contributed by atoms with Gasteiger partial charge in [-0.3, -0.25) is 4.79 Å². The van der Waals surface area contributed by atoms with Gasteiger partial charge in [-0.2, -0.15) is 0 Å². The number of rotatable bonds is 3. The lowest BCUT2D eigenvalue weighted by Crippen LogP contribution is -2.15. The fraction of sp³-hybridized carbons (Fsp3) is 0.0714. The zero-order chi connectivity index (χ0) is 14.7. The Morgan fingerprint density at radius 2 is 2.00 bits per heavy atom. The molecule has 0 heterocycles. The van der Waals surface area contributed by atoms with E-state index in [-0.39, 0.29) is 22.8 Å². The Hall–Kier alpha value is -2.14. The van der Waals surface area contributed by atoms with Crippen LogP contribution in [0.5, 0.6) is 5.75 Å². The fourth-order valence-corrected chi connectivity index (χ4v) is 1.83. The summed E-state index contributed by atoms with van der Waals surface area (Å²) in [4.78, 5) is 11.7. The first kappa shape index (κ1) is 14.3. The maximum Gasteiger partial charge on any atom is 0.228 e. The molecule has 0 aliphatic rings. The Bertz CT molecular complexity index is 662. The van der Waals surface area contributed by atoms with Crippen LogP contribution in [-0.4, -0.2) is 11.0 Å². The molecule has 0 unspecified atom stereocenters. The Balaban J connectivity index is 2.09. The van der Waals surface area contributed by atoms with Gasteiger partial charge in [0.05, 0.1) is 11.4 Å². The van der Waals surface area contributed by atoms with E-state index in [1.165, 1.54) is 30.3 Å². The number of carbonyl (C=O) groups excluding carboxylic acids is 1. The van der Waals surface area contributed by atoms with Crippen molar-refractivity contribution in [2.75, 3.05) is 5.32 Å². The second-order valence-corrected chi connectivity index (χ2v) is 4.51.